The highest BCUT2D eigenvalue weighted by Gasteiger charge is 2.20. The molecule has 0 fully saturated rings. The Morgan fingerprint density at radius 2 is 2.03 bits per heavy atom. The Hall–Kier alpha value is -3.48. The fourth-order valence-corrected chi connectivity index (χ4v) is 4.03. The lowest BCUT2D eigenvalue weighted by Crippen LogP contribution is -2.12. The number of hydrogen-bond acceptors (Lipinski definition) is 4. The second-order valence-electron chi connectivity index (χ2n) is 7.63. The molecule has 1 aliphatic heterocycles. The summed E-state index contributed by atoms with van der Waals surface area (Å²) >= 11 is 0. The Bertz CT molecular complexity index is 1260. The molecule has 0 saturated heterocycles. The number of benzene rings is 2. The summed E-state index contributed by atoms with van der Waals surface area (Å²) in [5.41, 5.74) is 2.63. The predicted molar refractivity (Wildman–Crippen MR) is 112 cm³/mol. The van der Waals surface area contributed by atoms with E-state index in [1.807, 2.05) is 24.3 Å². The molecule has 7 heteroatoms. The third-order valence-electron chi connectivity index (χ3n) is 5.59. The number of carbonyl (C=O) groups excluding carboxylic acids is 1. The molecular weight excluding hydrogens is 383 g/mol. The summed E-state index contributed by atoms with van der Waals surface area (Å²) in [6.45, 7) is 2.66. The molecule has 152 valence electrons. The molecule has 0 unspecified atom stereocenters. The van der Waals surface area contributed by atoms with Crippen LogP contribution in [-0.2, 0) is 13.0 Å². The number of furan rings is 1. The van der Waals surface area contributed by atoms with Gasteiger partial charge in [0, 0.05) is 35.2 Å². The van der Waals surface area contributed by atoms with Crippen molar-refractivity contribution in [1.29, 1.82) is 0 Å². The quantitative estimate of drug-likeness (QED) is 0.515. The molecule has 4 aromatic rings. The Morgan fingerprint density at radius 3 is 2.93 bits per heavy atom. The summed E-state index contributed by atoms with van der Waals surface area (Å²) in [6.07, 6.45) is 4.38. The Kier molecular flexibility index (Phi) is 4.58. The molecule has 1 amide bonds. The number of halogens is 1. The maximum absolute atomic E-state index is 13.5. The van der Waals surface area contributed by atoms with E-state index in [-0.39, 0.29) is 17.5 Å². The lowest BCUT2D eigenvalue weighted by Gasteiger charge is -2.09. The lowest BCUT2D eigenvalue weighted by molar-refractivity contribution is 0.0998. The van der Waals surface area contributed by atoms with Crippen LogP contribution in [0.25, 0.3) is 22.4 Å². The fourth-order valence-electron chi connectivity index (χ4n) is 4.03. The number of rotatable bonds is 3. The third-order valence-corrected chi connectivity index (χ3v) is 5.59. The van der Waals surface area contributed by atoms with Crippen LogP contribution < -0.4 is 5.32 Å². The molecule has 2 aromatic heterocycles. The zero-order valence-corrected chi connectivity index (χ0v) is 16.6. The van der Waals surface area contributed by atoms with E-state index in [1.54, 1.807) is 6.92 Å². The van der Waals surface area contributed by atoms with Crippen molar-refractivity contribution in [1.82, 2.24) is 14.8 Å². The van der Waals surface area contributed by atoms with E-state index >= 15 is 0 Å². The van der Waals surface area contributed by atoms with Crippen molar-refractivity contribution < 1.29 is 13.6 Å². The van der Waals surface area contributed by atoms with Gasteiger partial charge in [-0.15, -0.1) is 10.2 Å². The van der Waals surface area contributed by atoms with Crippen LogP contribution >= 0.6 is 0 Å². The number of aryl methyl sites for hydroxylation is 2. The van der Waals surface area contributed by atoms with E-state index in [1.165, 1.54) is 24.6 Å². The summed E-state index contributed by atoms with van der Waals surface area (Å²) in [5.74, 6) is 1.28. The predicted octanol–water partition coefficient (Wildman–Crippen LogP) is 5.12. The summed E-state index contributed by atoms with van der Waals surface area (Å²) < 4.78 is 21.4. The maximum Gasteiger partial charge on any atom is 0.291 e. The van der Waals surface area contributed by atoms with Gasteiger partial charge in [-0.25, -0.2) is 4.39 Å². The van der Waals surface area contributed by atoms with E-state index in [4.69, 9.17) is 4.42 Å². The minimum atomic E-state index is -0.374. The van der Waals surface area contributed by atoms with Gasteiger partial charge in [-0.2, -0.15) is 0 Å². The van der Waals surface area contributed by atoms with Crippen LogP contribution in [0.3, 0.4) is 0 Å². The van der Waals surface area contributed by atoms with Crippen molar-refractivity contribution in [2.75, 3.05) is 5.32 Å². The first-order valence-corrected chi connectivity index (χ1v) is 10.1. The van der Waals surface area contributed by atoms with Crippen molar-refractivity contribution in [3.05, 3.63) is 65.4 Å². The van der Waals surface area contributed by atoms with E-state index in [2.05, 4.69) is 20.1 Å². The van der Waals surface area contributed by atoms with Crippen LogP contribution in [0, 0.1) is 12.7 Å². The van der Waals surface area contributed by atoms with Crippen molar-refractivity contribution in [3.63, 3.8) is 0 Å². The number of anilines is 1. The largest absolute Gasteiger partial charge is 0.451 e. The molecule has 0 spiro atoms. The molecule has 3 heterocycles. The van der Waals surface area contributed by atoms with Gasteiger partial charge < -0.3 is 14.3 Å². The highest BCUT2D eigenvalue weighted by Crippen LogP contribution is 2.28. The SMILES string of the molecule is Cc1c(C(=O)Nc2cccc(-c3nnc4n3CCCCC4)c2)oc2ccc(F)cc12. The number of carbonyl (C=O) groups is 1. The molecule has 0 radical (unpaired) electrons. The molecule has 6 nitrogen and oxygen atoms in total. The van der Waals surface area contributed by atoms with Crippen LogP contribution in [0.5, 0.6) is 0 Å². The number of amides is 1. The highest BCUT2D eigenvalue weighted by molar-refractivity contribution is 6.06. The van der Waals surface area contributed by atoms with E-state index in [0.717, 1.165) is 43.0 Å². The van der Waals surface area contributed by atoms with Gasteiger partial charge in [-0.05, 0) is 50.1 Å². The van der Waals surface area contributed by atoms with Gasteiger partial charge in [-0.3, -0.25) is 4.79 Å². The molecule has 0 bridgehead atoms. The third kappa shape index (κ3) is 3.26. The second kappa shape index (κ2) is 7.40. The maximum atomic E-state index is 13.5. The molecule has 30 heavy (non-hydrogen) atoms. The Morgan fingerprint density at radius 1 is 1.13 bits per heavy atom. The number of nitrogens with zero attached hydrogens (tertiary/aromatic N) is 3. The van der Waals surface area contributed by atoms with Gasteiger partial charge in [0.15, 0.2) is 11.6 Å². The highest BCUT2D eigenvalue weighted by atomic mass is 19.1. The lowest BCUT2D eigenvalue weighted by atomic mass is 10.1. The first kappa shape index (κ1) is 18.5. The fraction of sp³-hybridized carbons (Fsp3) is 0.261. The van der Waals surface area contributed by atoms with E-state index < -0.39 is 0 Å². The van der Waals surface area contributed by atoms with Crippen LogP contribution in [0.1, 0.15) is 41.2 Å². The molecule has 0 aliphatic carbocycles. The number of hydrogen-bond donors (Lipinski definition) is 1. The molecule has 0 atom stereocenters. The minimum absolute atomic E-state index is 0.178. The van der Waals surface area contributed by atoms with Gasteiger partial charge in [0.2, 0.25) is 0 Å². The van der Waals surface area contributed by atoms with Gasteiger partial charge in [0.1, 0.15) is 17.2 Å². The van der Waals surface area contributed by atoms with E-state index in [9.17, 15) is 9.18 Å². The second-order valence-corrected chi connectivity index (χ2v) is 7.63. The number of nitrogens with one attached hydrogen (secondary N) is 1. The Labute approximate surface area is 172 Å². The van der Waals surface area contributed by atoms with Gasteiger partial charge in [0.25, 0.3) is 5.91 Å². The van der Waals surface area contributed by atoms with Crippen molar-refractivity contribution in [2.45, 2.75) is 39.2 Å². The topological polar surface area (TPSA) is 73.0 Å². The zero-order valence-electron chi connectivity index (χ0n) is 16.6. The molecule has 1 aliphatic rings. The van der Waals surface area contributed by atoms with Crippen LogP contribution in [0.15, 0.2) is 46.9 Å². The van der Waals surface area contributed by atoms with Crippen LogP contribution in [0.4, 0.5) is 10.1 Å². The standard InChI is InChI=1S/C23H21FN4O2/c1-14-18-13-16(24)9-10-19(18)30-21(14)23(29)25-17-7-5-6-15(12-17)22-27-26-20-8-3-2-4-11-28(20)22/h5-7,9-10,12-13H,2-4,8,11H2,1H3,(H,25,29). The van der Waals surface area contributed by atoms with Gasteiger partial charge >= 0.3 is 0 Å². The number of fused-ring (bicyclic) bond motifs is 2. The average molecular weight is 404 g/mol. The van der Waals surface area contributed by atoms with Gasteiger partial charge in [0.05, 0.1) is 0 Å². The summed E-state index contributed by atoms with van der Waals surface area (Å²) in [4.78, 5) is 12.8. The Balaban J connectivity index is 1.44. The molecule has 0 saturated carbocycles. The molecule has 5 rings (SSSR count). The normalized spacial score (nSPS) is 13.8. The molecule has 2 aromatic carbocycles. The molecular formula is C23H21FN4O2. The van der Waals surface area contributed by atoms with Crippen LogP contribution in [0.2, 0.25) is 0 Å². The summed E-state index contributed by atoms with van der Waals surface area (Å²) in [5, 5.41) is 12.2. The van der Waals surface area contributed by atoms with Crippen LogP contribution in [-0.4, -0.2) is 20.7 Å². The van der Waals surface area contributed by atoms with Crippen molar-refractivity contribution >= 4 is 22.6 Å². The zero-order chi connectivity index (χ0) is 20.7. The van der Waals surface area contributed by atoms with Crippen molar-refractivity contribution in [2.24, 2.45) is 0 Å². The smallest absolute Gasteiger partial charge is 0.291 e. The summed E-state index contributed by atoms with van der Waals surface area (Å²) in [7, 11) is 0. The first-order chi connectivity index (χ1) is 14.6. The number of aromatic nitrogens is 3. The van der Waals surface area contributed by atoms with E-state index in [0.29, 0.717) is 22.2 Å². The monoisotopic (exact) mass is 404 g/mol. The summed E-state index contributed by atoms with van der Waals surface area (Å²) in [6, 6.07) is 11.8. The van der Waals surface area contributed by atoms with Gasteiger partial charge in [-0.1, -0.05) is 18.6 Å². The minimum Gasteiger partial charge on any atom is -0.451 e. The average Bonchev–Trinajstić information content (AvgIpc) is 3.20. The molecule has 1 N–H and O–H groups in total. The van der Waals surface area contributed by atoms with Crippen molar-refractivity contribution in [3.8, 4) is 11.4 Å². The first-order valence-electron chi connectivity index (χ1n) is 10.1.